The third-order valence-corrected chi connectivity index (χ3v) is 6.39. The van der Waals surface area contributed by atoms with E-state index in [-0.39, 0.29) is 23.1 Å². The number of carbonyl (C=O) groups is 2. The molecule has 1 atom stereocenters. The summed E-state index contributed by atoms with van der Waals surface area (Å²) in [6.07, 6.45) is 0. The highest BCUT2D eigenvalue weighted by Gasteiger charge is 2.34. The standard InChI is InChI=1S/C23H26Cl2N2O2S/c1-14(28)16-7-9-17(10-8-16)22(30)26(6)27(15(2)23(3,4)5)21(29)18-11-12-19(24)20(25)13-18/h7-13,15H,1-6H3. The predicted octanol–water partition coefficient (Wildman–Crippen LogP) is 6.30. The van der Waals surface area contributed by atoms with Gasteiger partial charge in [0, 0.05) is 23.7 Å². The normalized spacial score (nSPS) is 12.3. The molecule has 0 aliphatic rings. The van der Waals surface area contributed by atoms with Gasteiger partial charge in [-0.2, -0.15) is 0 Å². The van der Waals surface area contributed by atoms with E-state index in [0.29, 0.717) is 26.2 Å². The maximum absolute atomic E-state index is 13.5. The van der Waals surface area contributed by atoms with Crippen LogP contribution < -0.4 is 0 Å². The summed E-state index contributed by atoms with van der Waals surface area (Å²) >= 11 is 17.8. The highest BCUT2D eigenvalue weighted by atomic mass is 35.5. The van der Waals surface area contributed by atoms with Gasteiger partial charge >= 0.3 is 0 Å². The lowest BCUT2D eigenvalue weighted by atomic mass is 9.87. The van der Waals surface area contributed by atoms with E-state index in [1.54, 1.807) is 59.5 Å². The monoisotopic (exact) mass is 464 g/mol. The van der Waals surface area contributed by atoms with Gasteiger partial charge in [0.15, 0.2) is 5.78 Å². The van der Waals surface area contributed by atoms with Gasteiger partial charge in [-0.1, -0.05) is 80.5 Å². The summed E-state index contributed by atoms with van der Waals surface area (Å²) in [7, 11) is 1.76. The zero-order valence-corrected chi connectivity index (χ0v) is 20.3. The fourth-order valence-corrected chi connectivity index (χ4v) is 3.35. The fourth-order valence-electron chi connectivity index (χ4n) is 2.83. The second kappa shape index (κ2) is 9.46. The number of hydrogen-bond acceptors (Lipinski definition) is 3. The van der Waals surface area contributed by atoms with Gasteiger partial charge in [0.25, 0.3) is 5.91 Å². The summed E-state index contributed by atoms with van der Waals surface area (Å²) in [4.78, 5) is 25.5. The predicted molar refractivity (Wildman–Crippen MR) is 127 cm³/mol. The number of Topliss-reactive ketones (excluding diaryl/α,β-unsaturated/α-hetero) is 1. The lowest BCUT2D eigenvalue weighted by molar-refractivity contribution is -0.00463. The molecular weight excluding hydrogens is 439 g/mol. The quantitative estimate of drug-likeness (QED) is 0.302. The van der Waals surface area contributed by atoms with E-state index >= 15 is 0 Å². The number of hydrazine groups is 1. The molecule has 0 N–H and O–H groups in total. The van der Waals surface area contributed by atoms with E-state index in [1.807, 2.05) is 6.92 Å². The van der Waals surface area contributed by atoms with Gasteiger partial charge < -0.3 is 0 Å². The van der Waals surface area contributed by atoms with Gasteiger partial charge in [-0.3, -0.25) is 14.6 Å². The molecule has 0 radical (unpaired) electrons. The Morgan fingerprint density at radius 2 is 1.43 bits per heavy atom. The number of rotatable bonds is 4. The van der Waals surface area contributed by atoms with Crippen LogP contribution in [0.4, 0.5) is 0 Å². The van der Waals surface area contributed by atoms with Crippen LogP contribution >= 0.6 is 35.4 Å². The third kappa shape index (κ3) is 5.39. The summed E-state index contributed by atoms with van der Waals surface area (Å²) in [6.45, 7) is 9.68. The first-order chi connectivity index (χ1) is 13.8. The van der Waals surface area contributed by atoms with E-state index in [0.717, 1.165) is 5.56 Å². The van der Waals surface area contributed by atoms with Crippen LogP contribution in [0.15, 0.2) is 42.5 Å². The minimum absolute atomic E-state index is 0.0152. The summed E-state index contributed by atoms with van der Waals surface area (Å²) in [6, 6.07) is 11.7. The summed E-state index contributed by atoms with van der Waals surface area (Å²) in [5.74, 6) is -0.250. The first-order valence-corrected chi connectivity index (χ1v) is 10.7. The molecule has 0 aliphatic carbocycles. The SMILES string of the molecule is CC(=O)c1ccc(C(=S)N(C)N(C(=O)c2ccc(Cl)c(Cl)c2)C(C)C(C)(C)C)cc1. The van der Waals surface area contributed by atoms with Gasteiger partial charge in [-0.05, 0) is 37.5 Å². The maximum Gasteiger partial charge on any atom is 0.272 e. The average Bonchev–Trinajstić information content (AvgIpc) is 2.68. The molecule has 0 saturated carbocycles. The van der Waals surface area contributed by atoms with Crippen molar-refractivity contribution in [1.29, 1.82) is 0 Å². The van der Waals surface area contributed by atoms with E-state index in [1.165, 1.54) is 6.92 Å². The van der Waals surface area contributed by atoms with Crippen molar-refractivity contribution in [2.45, 2.75) is 40.7 Å². The molecule has 7 heteroatoms. The van der Waals surface area contributed by atoms with Gasteiger partial charge in [0.05, 0.1) is 16.1 Å². The Morgan fingerprint density at radius 1 is 0.933 bits per heavy atom. The first-order valence-electron chi connectivity index (χ1n) is 9.52. The van der Waals surface area contributed by atoms with Crippen molar-refractivity contribution in [1.82, 2.24) is 10.0 Å². The van der Waals surface area contributed by atoms with Crippen molar-refractivity contribution in [3.8, 4) is 0 Å². The Labute approximate surface area is 193 Å². The third-order valence-electron chi connectivity index (χ3n) is 5.15. The van der Waals surface area contributed by atoms with Crippen LogP contribution in [0.3, 0.4) is 0 Å². The Kier molecular flexibility index (Phi) is 7.67. The zero-order valence-electron chi connectivity index (χ0n) is 18.0. The van der Waals surface area contributed by atoms with E-state index in [4.69, 9.17) is 35.4 Å². The van der Waals surface area contributed by atoms with Crippen molar-refractivity contribution in [2.75, 3.05) is 7.05 Å². The molecule has 0 fully saturated rings. The highest BCUT2D eigenvalue weighted by molar-refractivity contribution is 7.80. The molecule has 0 spiro atoms. The Balaban J connectivity index is 2.45. The van der Waals surface area contributed by atoms with Crippen molar-refractivity contribution < 1.29 is 9.59 Å². The average molecular weight is 465 g/mol. The number of benzene rings is 2. The largest absolute Gasteiger partial charge is 0.295 e. The van der Waals surface area contributed by atoms with Crippen LogP contribution in [0.1, 0.15) is 60.9 Å². The smallest absolute Gasteiger partial charge is 0.272 e. The van der Waals surface area contributed by atoms with E-state index in [9.17, 15) is 9.59 Å². The second-order valence-electron chi connectivity index (χ2n) is 8.28. The molecule has 4 nitrogen and oxygen atoms in total. The Hall–Kier alpha value is -1.95. The second-order valence-corrected chi connectivity index (χ2v) is 9.48. The molecule has 160 valence electrons. The molecule has 1 amide bonds. The number of halogens is 2. The van der Waals surface area contributed by atoms with Crippen molar-refractivity contribution in [3.05, 3.63) is 69.2 Å². The highest BCUT2D eigenvalue weighted by Crippen LogP contribution is 2.29. The summed E-state index contributed by atoms with van der Waals surface area (Å²) in [5, 5.41) is 4.02. The van der Waals surface area contributed by atoms with E-state index in [2.05, 4.69) is 20.8 Å². The van der Waals surface area contributed by atoms with Crippen LogP contribution in [-0.2, 0) is 0 Å². The Bertz CT molecular complexity index is 968. The molecule has 1 unspecified atom stereocenters. The van der Waals surface area contributed by atoms with Crippen molar-refractivity contribution in [3.63, 3.8) is 0 Å². The molecule has 30 heavy (non-hydrogen) atoms. The summed E-state index contributed by atoms with van der Waals surface area (Å²) < 4.78 is 0. The van der Waals surface area contributed by atoms with Crippen LogP contribution in [0, 0.1) is 5.41 Å². The summed E-state index contributed by atoms with van der Waals surface area (Å²) in [5.41, 5.74) is 1.55. The number of thiocarbonyl (C=S) groups is 1. The lowest BCUT2D eigenvalue weighted by Gasteiger charge is -2.43. The number of amides is 1. The van der Waals surface area contributed by atoms with Crippen LogP contribution in [0.5, 0.6) is 0 Å². The minimum Gasteiger partial charge on any atom is -0.295 e. The molecular formula is C23H26Cl2N2O2S. The van der Waals surface area contributed by atoms with Crippen molar-refractivity contribution >= 4 is 52.1 Å². The van der Waals surface area contributed by atoms with Crippen molar-refractivity contribution in [2.24, 2.45) is 5.41 Å². The number of ketones is 1. The first kappa shape index (κ1) is 24.3. The van der Waals surface area contributed by atoms with Gasteiger partial charge in [-0.15, -0.1) is 0 Å². The van der Waals surface area contributed by atoms with E-state index < -0.39 is 0 Å². The molecule has 2 aromatic carbocycles. The molecule has 2 aromatic rings. The Morgan fingerprint density at radius 3 is 1.90 bits per heavy atom. The number of hydrogen-bond donors (Lipinski definition) is 0. The lowest BCUT2D eigenvalue weighted by Crippen LogP contribution is -2.55. The molecule has 0 heterocycles. The zero-order chi connectivity index (χ0) is 22.8. The van der Waals surface area contributed by atoms with Gasteiger partial charge in [0.1, 0.15) is 4.99 Å². The van der Waals surface area contributed by atoms with Gasteiger partial charge in [0.2, 0.25) is 0 Å². The molecule has 2 rings (SSSR count). The number of carbonyl (C=O) groups excluding carboxylic acids is 2. The van der Waals surface area contributed by atoms with Crippen LogP contribution in [-0.4, -0.2) is 39.8 Å². The van der Waals surface area contributed by atoms with Crippen LogP contribution in [0.25, 0.3) is 0 Å². The molecule has 0 aliphatic heterocycles. The minimum atomic E-state index is -0.235. The molecule has 0 bridgehead atoms. The number of nitrogens with zero attached hydrogens (tertiary/aromatic N) is 2. The molecule has 0 saturated heterocycles. The molecule has 0 aromatic heterocycles. The fraction of sp³-hybridized carbons (Fsp3) is 0.348. The maximum atomic E-state index is 13.5. The topological polar surface area (TPSA) is 40.6 Å². The van der Waals surface area contributed by atoms with Crippen LogP contribution in [0.2, 0.25) is 10.0 Å². The van der Waals surface area contributed by atoms with Gasteiger partial charge in [-0.25, -0.2) is 5.01 Å².